The predicted molar refractivity (Wildman–Crippen MR) is 128 cm³/mol. The third-order valence-corrected chi connectivity index (χ3v) is 6.73. The van der Waals surface area contributed by atoms with Gasteiger partial charge in [-0.1, -0.05) is 78.9 Å². The number of hydrogen-bond acceptors (Lipinski definition) is 5. The molecule has 0 radical (unpaired) electrons. The highest BCUT2D eigenvalue weighted by Gasteiger charge is 2.75. The molecule has 0 saturated heterocycles. The summed E-state index contributed by atoms with van der Waals surface area (Å²) in [6.07, 6.45) is -2.69. The van der Waals surface area contributed by atoms with Crippen molar-refractivity contribution in [1.82, 2.24) is 0 Å². The van der Waals surface area contributed by atoms with Crippen LogP contribution >= 0.6 is 0 Å². The number of carbonyl (C=O) groups excluding carboxylic acids is 1. The third-order valence-electron chi connectivity index (χ3n) is 6.73. The number of para-hydroxylation sites is 1. The molecule has 0 saturated carbocycles. The van der Waals surface area contributed by atoms with Gasteiger partial charge in [-0.3, -0.25) is 9.73 Å². The Labute approximate surface area is 201 Å². The molecule has 1 spiro atoms. The van der Waals surface area contributed by atoms with Gasteiger partial charge in [-0.05, 0) is 30.2 Å². The second-order valence-corrected chi connectivity index (χ2v) is 8.72. The van der Waals surface area contributed by atoms with E-state index in [1.54, 1.807) is 6.92 Å². The van der Waals surface area contributed by atoms with Crippen molar-refractivity contribution in [3.8, 4) is 0 Å². The number of dihydropyridines is 1. The van der Waals surface area contributed by atoms with Crippen molar-refractivity contribution < 1.29 is 23.0 Å². The van der Waals surface area contributed by atoms with Crippen LogP contribution in [0.3, 0.4) is 0 Å². The quantitative estimate of drug-likeness (QED) is 0.478. The van der Waals surface area contributed by atoms with E-state index in [0.29, 0.717) is 28.9 Å². The maximum Gasteiger partial charge on any atom is 0.398 e. The first-order valence-electron chi connectivity index (χ1n) is 11.5. The molecule has 0 aromatic heterocycles. The molecule has 2 bridgehead atoms. The number of fused-ring (bicyclic) bond motifs is 2. The average molecular weight is 472 g/mol. The minimum Gasteiger partial charge on any atom is -0.464 e. The van der Waals surface area contributed by atoms with Crippen molar-refractivity contribution in [2.24, 2.45) is 4.99 Å². The Hall–Kier alpha value is -3.84. The average Bonchev–Trinajstić information content (AvgIpc) is 3.13. The van der Waals surface area contributed by atoms with Gasteiger partial charge in [0, 0.05) is 23.4 Å². The van der Waals surface area contributed by atoms with Gasteiger partial charge in [-0.2, -0.15) is 8.78 Å². The molecule has 4 aliphatic heterocycles. The molecule has 3 aromatic rings. The van der Waals surface area contributed by atoms with Gasteiger partial charge in [0.2, 0.25) is 5.72 Å². The van der Waals surface area contributed by atoms with Gasteiger partial charge in [-0.25, -0.2) is 4.79 Å². The normalized spacial score (nSPS) is 25.4. The lowest BCUT2D eigenvalue weighted by molar-refractivity contribution is -0.302. The zero-order valence-corrected chi connectivity index (χ0v) is 18.9. The van der Waals surface area contributed by atoms with Crippen LogP contribution in [0, 0.1) is 0 Å². The highest BCUT2D eigenvalue weighted by Crippen LogP contribution is 2.60. The maximum absolute atomic E-state index is 15.9. The van der Waals surface area contributed by atoms with Crippen molar-refractivity contribution >= 4 is 22.9 Å². The highest BCUT2D eigenvalue weighted by atomic mass is 19.3. The fourth-order valence-corrected chi connectivity index (χ4v) is 5.21. The molecular weight excluding hydrogens is 450 g/mol. The Morgan fingerprint density at radius 2 is 1.63 bits per heavy atom. The topological polar surface area (TPSA) is 51.1 Å². The number of benzene rings is 3. The van der Waals surface area contributed by atoms with E-state index in [-0.39, 0.29) is 12.3 Å². The Morgan fingerprint density at radius 1 is 0.971 bits per heavy atom. The molecule has 35 heavy (non-hydrogen) atoms. The van der Waals surface area contributed by atoms with Gasteiger partial charge in [0.25, 0.3) is 5.54 Å². The number of carbonyl (C=O) groups is 1. The Balaban J connectivity index is 1.66. The molecule has 4 heterocycles. The predicted octanol–water partition coefficient (Wildman–Crippen LogP) is 5.21. The molecule has 2 unspecified atom stereocenters. The van der Waals surface area contributed by atoms with E-state index in [9.17, 15) is 4.79 Å². The number of ether oxygens (including phenoxy) is 2. The smallest absolute Gasteiger partial charge is 0.398 e. The highest BCUT2D eigenvalue weighted by molar-refractivity contribution is 6.25. The lowest BCUT2D eigenvalue weighted by atomic mass is 9.77. The number of aliphatic imine (C=N–C) groups is 1. The molecule has 5 nitrogen and oxygen atoms in total. The first kappa shape index (κ1) is 21.7. The van der Waals surface area contributed by atoms with Crippen LogP contribution in [0.15, 0.2) is 96.0 Å². The van der Waals surface area contributed by atoms with Crippen LogP contribution in [0.25, 0.3) is 5.57 Å². The molecular formula is C28H22F2N2O3. The fourth-order valence-electron chi connectivity index (χ4n) is 5.21. The fraction of sp³-hybridized carbons (Fsp3) is 0.214. The second-order valence-electron chi connectivity index (χ2n) is 8.72. The number of anilines is 1. The van der Waals surface area contributed by atoms with Crippen LogP contribution in [0.1, 0.15) is 23.6 Å². The monoisotopic (exact) mass is 472 g/mol. The minimum absolute atomic E-state index is 0.0576. The summed E-state index contributed by atoms with van der Waals surface area (Å²) in [6, 6.07) is 26.1. The van der Waals surface area contributed by atoms with E-state index in [4.69, 9.17) is 9.47 Å². The molecule has 4 aliphatic rings. The summed E-state index contributed by atoms with van der Waals surface area (Å²) in [6.45, 7) is 1.81. The summed E-state index contributed by atoms with van der Waals surface area (Å²) in [4.78, 5) is 19.4. The molecule has 176 valence electrons. The molecule has 0 aliphatic carbocycles. The van der Waals surface area contributed by atoms with Crippen molar-refractivity contribution in [1.29, 1.82) is 0 Å². The summed E-state index contributed by atoms with van der Waals surface area (Å²) in [5.74, 6) is -1.14. The molecule has 0 fully saturated rings. The van der Waals surface area contributed by atoms with Gasteiger partial charge < -0.3 is 9.64 Å². The van der Waals surface area contributed by atoms with Gasteiger partial charge in [0.05, 0.1) is 6.61 Å². The van der Waals surface area contributed by atoms with Crippen LogP contribution < -0.4 is 4.90 Å². The van der Waals surface area contributed by atoms with E-state index in [2.05, 4.69) is 4.99 Å². The number of nitrogens with zero attached hydrogens (tertiary/aromatic N) is 2. The number of rotatable bonds is 5. The van der Waals surface area contributed by atoms with E-state index in [1.165, 1.54) is 6.08 Å². The lowest BCUT2D eigenvalue weighted by Gasteiger charge is -2.53. The van der Waals surface area contributed by atoms with Crippen molar-refractivity contribution in [3.63, 3.8) is 0 Å². The molecule has 0 amide bonds. The van der Waals surface area contributed by atoms with E-state index < -0.39 is 23.3 Å². The Bertz CT molecular complexity index is 1370. The zero-order chi connectivity index (χ0) is 24.3. The molecule has 3 aromatic carbocycles. The van der Waals surface area contributed by atoms with E-state index >= 15 is 8.78 Å². The number of halogens is 2. The largest absolute Gasteiger partial charge is 0.464 e. The first-order valence-corrected chi connectivity index (χ1v) is 11.5. The maximum atomic E-state index is 15.9. The Morgan fingerprint density at radius 3 is 2.34 bits per heavy atom. The summed E-state index contributed by atoms with van der Waals surface area (Å²) in [5, 5.41) is 0. The van der Waals surface area contributed by atoms with Crippen LogP contribution in [0.2, 0.25) is 0 Å². The van der Waals surface area contributed by atoms with Gasteiger partial charge >= 0.3 is 12.1 Å². The van der Waals surface area contributed by atoms with Crippen LogP contribution in [0.4, 0.5) is 14.5 Å². The zero-order valence-electron chi connectivity index (χ0n) is 18.9. The summed E-state index contributed by atoms with van der Waals surface area (Å²) in [5.41, 5.74) is -0.693. The molecule has 2 atom stereocenters. The summed E-state index contributed by atoms with van der Waals surface area (Å²) >= 11 is 0. The van der Waals surface area contributed by atoms with Crippen molar-refractivity contribution in [2.75, 3.05) is 11.5 Å². The summed E-state index contributed by atoms with van der Waals surface area (Å²) < 4.78 is 42.7. The SMILES string of the molecule is CCOC(=O)C12C=C(c3ccccc3)C3(OC1(F)F)C(=N2)c1ccccc1N3Cc1ccccc1. The van der Waals surface area contributed by atoms with E-state index in [0.717, 1.165) is 5.56 Å². The van der Waals surface area contributed by atoms with Gasteiger partial charge in [0.1, 0.15) is 5.71 Å². The lowest BCUT2D eigenvalue weighted by Crippen LogP contribution is -2.71. The van der Waals surface area contributed by atoms with Crippen molar-refractivity contribution in [3.05, 3.63) is 108 Å². The van der Waals surface area contributed by atoms with Crippen molar-refractivity contribution in [2.45, 2.75) is 30.8 Å². The standard InChI is InChI=1S/C28H22F2N2O3/c1-2-34-25(33)26-17-22(20-13-7-4-8-14-20)27(35-28(26,29)30)24(31-26)21-15-9-10-16-23(21)32(27)18-19-11-5-3-6-12-19/h3-17H,2,18H2,1H3. The molecule has 0 N–H and O–H groups in total. The number of esters is 1. The van der Waals surface area contributed by atoms with E-state index in [1.807, 2.05) is 89.8 Å². The van der Waals surface area contributed by atoms with Crippen LogP contribution in [0.5, 0.6) is 0 Å². The molecule has 7 heteroatoms. The third kappa shape index (κ3) is 2.88. The van der Waals surface area contributed by atoms with Gasteiger partial charge in [0.15, 0.2) is 0 Å². The summed E-state index contributed by atoms with van der Waals surface area (Å²) in [7, 11) is 0. The van der Waals surface area contributed by atoms with Gasteiger partial charge in [-0.15, -0.1) is 0 Å². The minimum atomic E-state index is -3.93. The van der Waals surface area contributed by atoms with Crippen LogP contribution in [-0.2, 0) is 20.8 Å². The first-order chi connectivity index (χ1) is 16.9. The van der Waals surface area contributed by atoms with Crippen LogP contribution in [-0.4, -0.2) is 35.7 Å². The number of alkyl halides is 2. The molecule has 7 rings (SSSR count). The second kappa shape index (κ2) is 7.58. The number of hydrogen-bond donors (Lipinski definition) is 0. The Kier molecular flexibility index (Phi) is 4.70.